The van der Waals surface area contributed by atoms with Crippen LogP contribution in [0.15, 0.2) is 18.2 Å². The summed E-state index contributed by atoms with van der Waals surface area (Å²) in [4.78, 5) is 34.2. The van der Waals surface area contributed by atoms with E-state index in [1.165, 1.54) is 29.7 Å². The Hall–Kier alpha value is -2.79. The van der Waals surface area contributed by atoms with E-state index in [1.54, 1.807) is 0 Å². The van der Waals surface area contributed by atoms with Gasteiger partial charge in [0.25, 0.3) is 6.10 Å². The molecule has 0 saturated carbocycles. The highest BCUT2D eigenvalue weighted by atomic mass is 19.4. The van der Waals surface area contributed by atoms with Crippen LogP contribution in [0.1, 0.15) is 50.2 Å². The second kappa shape index (κ2) is 12.8. The largest absolute Gasteiger partial charge is 0.434 e. The van der Waals surface area contributed by atoms with Crippen molar-refractivity contribution in [3.8, 4) is 0 Å². The fraction of sp³-hybridized carbons (Fsp3) is 0.704. The van der Waals surface area contributed by atoms with Crippen LogP contribution in [0.25, 0.3) is 0 Å². The molecule has 3 heterocycles. The van der Waals surface area contributed by atoms with E-state index in [0.29, 0.717) is 18.8 Å². The quantitative estimate of drug-likeness (QED) is 0.435. The number of nitrogens with zero attached hydrogens (tertiary/aromatic N) is 3. The van der Waals surface area contributed by atoms with E-state index in [0.717, 1.165) is 44.0 Å². The van der Waals surface area contributed by atoms with Crippen LogP contribution in [0.4, 0.5) is 36.8 Å². The van der Waals surface area contributed by atoms with Crippen molar-refractivity contribution in [1.29, 1.82) is 0 Å². The number of ether oxygens (including phenoxy) is 1. The maximum atomic E-state index is 12.8. The molecule has 0 aliphatic carbocycles. The third-order valence-corrected chi connectivity index (χ3v) is 8.05. The van der Waals surface area contributed by atoms with Gasteiger partial charge in [0.05, 0.1) is 0 Å². The Morgan fingerprint density at radius 1 is 1.05 bits per heavy atom. The number of amides is 1. The topological polar surface area (TPSA) is 70.2 Å². The minimum absolute atomic E-state index is 0.0799. The number of aryl methyl sites for hydroxylation is 1. The van der Waals surface area contributed by atoms with Crippen LogP contribution in [0.5, 0.6) is 0 Å². The number of carbonyl (C=O) groups excluding carboxylic acids is 3. The predicted octanol–water partition coefficient (Wildman–Crippen LogP) is 5.57. The van der Waals surface area contributed by atoms with Gasteiger partial charge in [-0.25, -0.2) is 4.79 Å². The fourth-order valence-corrected chi connectivity index (χ4v) is 5.98. The Morgan fingerprint density at radius 3 is 2.23 bits per heavy atom. The Kier molecular flexibility index (Phi) is 10.2. The number of piperidine rings is 2. The molecule has 0 bridgehead atoms. The molecular formula is C27H35F6N3O4. The molecule has 224 valence electrons. The fourth-order valence-electron chi connectivity index (χ4n) is 5.98. The Morgan fingerprint density at radius 2 is 1.65 bits per heavy atom. The van der Waals surface area contributed by atoms with E-state index in [4.69, 9.17) is 9.59 Å². The van der Waals surface area contributed by atoms with Gasteiger partial charge in [-0.2, -0.15) is 35.9 Å². The second-order valence-electron chi connectivity index (χ2n) is 11.2. The van der Waals surface area contributed by atoms with Gasteiger partial charge in [-0.05, 0) is 74.1 Å². The molecule has 3 aliphatic rings. The van der Waals surface area contributed by atoms with Crippen LogP contribution in [-0.2, 0) is 20.9 Å². The monoisotopic (exact) mass is 579 g/mol. The average Bonchev–Trinajstić information content (AvgIpc) is 3.24. The highest BCUT2D eigenvalue weighted by molar-refractivity contribution is 5.68. The molecule has 40 heavy (non-hydrogen) atoms. The zero-order valence-corrected chi connectivity index (χ0v) is 22.6. The van der Waals surface area contributed by atoms with Crippen molar-refractivity contribution in [3.05, 3.63) is 29.3 Å². The SMILES string of the molecule is Cc1ccc(CN2CCC3(CCN(C(=O)OC(C(F)(F)F)C(F)(F)F)CC3)C2)c(N2CCCC(C)C2)c1.O=C=O. The summed E-state index contributed by atoms with van der Waals surface area (Å²) < 4.78 is 80.5. The highest BCUT2D eigenvalue weighted by Crippen LogP contribution is 2.42. The highest BCUT2D eigenvalue weighted by Gasteiger charge is 2.60. The molecule has 1 aromatic carbocycles. The Bertz CT molecular complexity index is 1040. The standard InChI is InChI=1S/C26H35F6N3O2.CO2/c1-18-5-6-20(21(14-18)35-10-3-4-19(2)15-35)16-33-11-7-24(17-33)8-12-34(13-9-24)23(36)37-22(25(27,28)29)26(30,31)32;2-1-3/h5-6,14,19,22H,3-4,7-13,15-17H2,1-2H3;. The third-order valence-electron chi connectivity index (χ3n) is 8.05. The number of rotatable bonds is 4. The lowest BCUT2D eigenvalue weighted by Gasteiger charge is -2.39. The summed E-state index contributed by atoms with van der Waals surface area (Å²) >= 11 is 0. The predicted molar refractivity (Wildman–Crippen MR) is 132 cm³/mol. The molecule has 3 aliphatic heterocycles. The minimum atomic E-state index is -5.71. The van der Waals surface area contributed by atoms with Gasteiger partial charge in [0, 0.05) is 45.0 Å². The molecule has 1 atom stereocenters. The van der Waals surface area contributed by atoms with Gasteiger partial charge in [-0.15, -0.1) is 0 Å². The smallest absolute Gasteiger partial charge is 0.426 e. The second-order valence-corrected chi connectivity index (χ2v) is 11.2. The molecule has 1 aromatic rings. The summed E-state index contributed by atoms with van der Waals surface area (Å²) in [6.45, 7) is 9.04. The summed E-state index contributed by atoms with van der Waals surface area (Å²) in [6, 6.07) is 6.56. The van der Waals surface area contributed by atoms with Crippen LogP contribution in [0.2, 0.25) is 0 Å². The van der Waals surface area contributed by atoms with E-state index in [2.05, 4.69) is 46.6 Å². The van der Waals surface area contributed by atoms with Crippen LogP contribution >= 0.6 is 0 Å². The van der Waals surface area contributed by atoms with Crippen LogP contribution < -0.4 is 4.90 Å². The molecule has 1 spiro atoms. The third kappa shape index (κ3) is 8.13. The van der Waals surface area contributed by atoms with Crippen LogP contribution in [-0.4, -0.2) is 79.8 Å². The number of halogens is 6. The van der Waals surface area contributed by atoms with E-state index in [1.807, 2.05) is 0 Å². The first-order valence-electron chi connectivity index (χ1n) is 13.3. The summed E-state index contributed by atoms with van der Waals surface area (Å²) in [6.07, 6.45) is -12.5. The number of hydrogen-bond donors (Lipinski definition) is 0. The van der Waals surface area contributed by atoms with Gasteiger partial charge in [0.2, 0.25) is 0 Å². The van der Waals surface area contributed by atoms with Crippen molar-refractivity contribution in [3.63, 3.8) is 0 Å². The molecule has 7 nitrogen and oxygen atoms in total. The lowest BCUT2D eigenvalue weighted by molar-refractivity contribution is -0.308. The summed E-state index contributed by atoms with van der Waals surface area (Å²) in [5, 5.41) is 0. The number of benzene rings is 1. The summed E-state index contributed by atoms with van der Waals surface area (Å²) in [5.74, 6) is 0.650. The lowest BCUT2D eigenvalue weighted by Crippen LogP contribution is -2.50. The molecule has 13 heteroatoms. The average molecular weight is 580 g/mol. The van der Waals surface area contributed by atoms with Crippen molar-refractivity contribution in [2.45, 2.75) is 71.0 Å². The van der Waals surface area contributed by atoms with Gasteiger partial charge in [-0.1, -0.05) is 19.1 Å². The lowest BCUT2D eigenvalue weighted by atomic mass is 9.78. The zero-order valence-electron chi connectivity index (χ0n) is 22.6. The molecule has 3 fully saturated rings. The number of hydrogen-bond acceptors (Lipinski definition) is 6. The molecule has 3 saturated heterocycles. The first kappa shape index (κ1) is 31.7. The van der Waals surface area contributed by atoms with Gasteiger partial charge in [0.1, 0.15) is 0 Å². The van der Waals surface area contributed by atoms with Crippen molar-refractivity contribution in [1.82, 2.24) is 9.80 Å². The van der Waals surface area contributed by atoms with Gasteiger partial charge < -0.3 is 14.5 Å². The molecule has 1 unspecified atom stereocenters. The zero-order chi connectivity index (χ0) is 29.7. The van der Waals surface area contributed by atoms with Crippen molar-refractivity contribution in [2.24, 2.45) is 11.3 Å². The van der Waals surface area contributed by atoms with Crippen LogP contribution in [0, 0.1) is 18.3 Å². The van der Waals surface area contributed by atoms with Gasteiger partial charge in [-0.3, -0.25) is 4.90 Å². The maximum Gasteiger partial charge on any atom is 0.434 e. The maximum absolute atomic E-state index is 12.8. The van der Waals surface area contributed by atoms with Crippen molar-refractivity contribution >= 4 is 17.9 Å². The summed E-state index contributed by atoms with van der Waals surface area (Å²) in [5.41, 5.74) is 3.65. The molecule has 4 rings (SSSR count). The minimum Gasteiger partial charge on any atom is -0.426 e. The number of alkyl halides is 6. The first-order valence-corrected chi connectivity index (χ1v) is 13.3. The molecule has 0 radical (unpaired) electrons. The molecule has 1 amide bonds. The van der Waals surface area contributed by atoms with E-state index < -0.39 is 24.5 Å². The van der Waals surface area contributed by atoms with E-state index >= 15 is 0 Å². The molecular weight excluding hydrogens is 544 g/mol. The van der Waals surface area contributed by atoms with Crippen LogP contribution in [0.3, 0.4) is 0 Å². The summed E-state index contributed by atoms with van der Waals surface area (Å²) in [7, 11) is 0. The number of carbonyl (C=O) groups is 1. The van der Waals surface area contributed by atoms with Crippen molar-refractivity contribution < 1.29 is 45.5 Å². The first-order chi connectivity index (χ1) is 18.7. The van der Waals surface area contributed by atoms with E-state index in [-0.39, 0.29) is 24.7 Å². The normalized spacial score (nSPS) is 21.7. The van der Waals surface area contributed by atoms with Crippen molar-refractivity contribution in [2.75, 3.05) is 44.2 Å². The van der Waals surface area contributed by atoms with Gasteiger partial charge in [0.15, 0.2) is 0 Å². The number of anilines is 1. The Labute approximate surface area is 229 Å². The Balaban J connectivity index is 0.00000141. The molecule has 0 N–H and O–H groups in total. The van der Waals surface area contributed by atoms with E-state index in [9.17, 15) is 31.1 Å². The number of likely N-dealkylation sites (tertiary alicyclic amines) is 2. The molecule has 0 aromatic heterocycles. The van der Waals surface area contributed by atoms with Gasteiger partial charge >= 0.3 is 24.6 Å².